The third-order valence-electron chi connectivity index (χ3n) is 4.17. The average molecular weight is 248 g/mol. The fraction of sp³-hybridized carbons (Fsp3) is 0.692. The van der Waals surface area contributed by atoms with E-state index in [1.165, 1.54) is 19.3 Å². The summed E-state index contributed by atoms with van der Waals surface area (Å²) in [4.78, 5) is 11.9. The molecular formula is C13H20N4O. The molecule has 1 saturated heterocycles. The lowest BCUT2D eigenvalue weighted by Crippen LogP contribution is -2.59. The lowest BCUT2D eigenvalue weighted by Gasteiger charge is -2.48. The van der Waals surface area contributed by atoms with Gasteiger partial charge in [0.25, 0.3) is 0 Å². The second-order valence-corrected chi connectivity index (χ2v) is 5.52. The van der Waals surface area contributed by atoms with Crippen LogP contribution in [0.3, 0.4) is 0 Å². The van der Waals surface area contributed by atoms with Crippen molar-refractivity contribution < 1.29 is 4.79 Å². The van der Waals surface area contributed by atoms with Gasteiger partial charge in [-0.3, -0.25) is 9.48 Å². The molecule has 2 N–H and O–H groups in total. The molecule has 2 heterocycles. The van der Waals surface area contributed by atoms with Crippen molar-refractivity contribution >= 4 is 5.91 Å². The minimum atomic E-state index is 0.0695. The molecule has 1 aromatic heterocycles. The van der Waals surface area contributed by atoms with Crippen LogP contribution in [0, 0.1) is 0 Å². The lowest BCUT2D eigenvalue weighted by molar-refractivity contribution is -0.123. The zero-order valence-electron chi connectivity index (χ0n) is 10.6. The minimum absolute atomic E-state index is 0.0695. The summed E-state index contributed by atoms with van der Waals surface area (Å²) in [6.07, 6.45) is 9.47. The Morgan fingerprint density at radius 2 is 2.44 bits per heavy atom. The van der Waals surface area contributed by atoms with Crippen LogP contribution in [-0.2, 0) is 11.3 Å². The van der Waals surface area contributed by atoms with Crippen molar-refractivity contribution in [1.29, 1.82) is 0 Å². The number of nitrogens with one attached hydrogen (secondary N) is 2. The van der Waals surface area contributed by atoms with Gasteiger partial charge in [-0.1, -0.05) is 0 Å². The molecule has 1 spiro atoms. The van der Waals surface area contributed by atoms with Crippen LogP contribution < -0.4 is 10.6 Å². The highest BCUT2D eigenvalue weighted by molar-refractivity contribution is 5.75. The third kappa shape index (κ3) is 2.41. The summed E-state index contributed by atoms with van der Waals surface area (Å²) in [6.45, 7) is 1.34. The Labute approximate surface area is 107 Å². The van der Waals surface area contributed by atoms with Crippen LogP contribution in [0.15, 0.2) is 18.5 Å². The first-order valence-electron chi connectivity index (χ1n) is 6.78. The molecule has 0 aromatic carbocycles. The normalized spacial score (nSPS) is 25.7. The standard InChI is InChI=1S/C13H20N4O/c18-12(10-17-8-2-6-15-17)16-11-3-7-14-13(9-11)4-1-5-13/h2,6,8,11,14H,1,3-5,7,9-10H2,(H,16,18). The molecule has 0 radical (unpaired) electrons. The number of aromatic nitrogens is 2. The molecule has 5 nitrogen and oxygen atoms in total. The molecule has 5 heteroatoms. The monoisotopic (exact) mass is 248 g/mol. The van der Waals surface area contributed by atoms with Crippen molar-refractivity contribution in [2.24, 2.45) is 0 Å². The molecule has 1 saturated carbocycles. The summed E-state index contributed by atoms with van der Waals surface area (Å²) in [5.41, 5.74) is 0.335. The Hall–Kier alpha value is -1.36. The molecule has 0 bridgehead atoms. The fourth-order valence-electron chi connectivity index (χ4n) is 3.08. The summed E-state index contributed by atoms with van der Waals surface area (Å²) in [7, 11) is 0. The largest absolute Gasteiger partial charge is 0.352 e. The van der Waals surface area contributed by atoms with Crippen molar-refractivity contribution in [1.82, 2.24) is 20.4 Å². The average Bonchev–Trinajstić information content (AvgIpc) is 2.80. The Balaban J connectivity index is 1.51. The molecule has 1 aliphatic heterocycles. The Morgan fingerprint density at radius 1 is 1.56 bits per heavy atom. The van der Waals surface area contributed by atoms with Gasteiger partial charge in [-0.05, 0) is 44.7 Å². The maximum absolute atomic E-state index is 11.9. The van der Waals surface area contributed by atoms with E-state index in [2.05, 4.69) is 15.7 Å². The summed E-state index contributed by atoms with van der Waals surface area (Å²) in [6, 6.07) is 2.16. The van der Waals surface area contributed by atoms with Gasteiger partial charge in [-0.15, -0.1) is 0 Å². The van der Waals surface area contributed by atoms with Crippen molar-refractivity contribution in [3.05, 3.63) is 18.5 Å². The maximum Gasteiger partial charge on any atom is 0.241 e. The lowest BCUT2D eigenvalue weighted by atomic mass is 9.70. The number of nitrogens with zero attached hydrogens (tertiary/aromatic N) is 2. The smallest absolute Gasteiger partial charge is 0.241 e. The van der Waals surface area contributed by atoms with Gasteiger partial charge in [0.05, 0.1) is 0 Å². The highest BCUT2D eigenvalue weighted by Crippen LogP contribution is 2.38. The van der Waals surface area contributed by atoms with E-state index in [9.17, 15) is 4.79 Å². The zero-order valence-corrected chi connectivity index (χ0v) is 10.6. The quantitative estimate of drug-likeness (QED) is 0.826. The number of piperidine rings is 1. The van der Waals surface area contributed by atoms with Gasteiger partial charge in [-0.2, -0.15) is 5.10 Å². The number of hydrogen-bond donors (Lipinski definition) is 2. The SMILES string of the molecule is O=C(Cn1cccn1)NC1CCNC2(CCC2)C1. The van der Waals surface area contributed by atoms with Gasteiger partial charge in [0.2, 0.25) is 5.91 Å². The van der Waals surface area contributed by atoms with E-state index in [-0.39, 0.29) is 5.91 Å². The second-order valence-electron chi connectivity index (χ2n) is 5.52. The molecule has 1 aromatic rings. The number of carbonyl (C=O) groups excluding carboxylic acids is 1. The van der Waals surface area contributed by atoms with Crippen molar-refractivity contribution in [3.63, 3.8) is 0 Å². The fourth-order valence-corrected chi connectivity index (χ4v) is 3.08. The summed E-state index contributed by atoms with van der Waals surface area (Å²) >= 11 is 0. The van der Waals surface area contributed by atoms with E-state index < -0.39 is 0 Å². The van der Waals surface area contributed by atoms with E-state index in [0.29, 0.717) is 18.1 Å². The molecule has 1 aliphatic carbocycles. The zero-order chi connectivity index (χ0) is 12.4. The van der Waals surface area contributed by atoms with E-state index in [1.807, 2.05) is 12.3 Å². The predicted octanol–water partition coefficient (Wildman–Crippen LogP) is 0.674. The number of carbonyl (C=O) groups is 1. The highest BCUT2D eigenvalue weighted by atomic mass is 16.2. The summed E-state index contributed by atoms with van der Waals surface area (Å²) < 4.78 is 1.66. The first-order chi connectivity index (χ1) is 8.76. The van der Waals surface area contributed by atoms with Crippen LogP contribution in [-0.4, -0.2) is 33.8 Å². The summed E-state index contributed by atoms with van der Waals surface area (Å²) in [5.74, 6) is 0.0695. The first kappa shape index (κ1) is 11.7. The molecule has 98 valence electrons. The van der Waals surface area contributed by atoms with Crippen LogP contribution in [0.2, 0.25) is 0 Å². The van der Waals surface area contributed by atoms with Crippen molar-refractivity contribution in [3.8, 4) is 0 Å². The van der Waals surface area contributed by atoms with Gasteiger partial charge >= 0.3 is 0 Å². The molecule has 2 aliphatic rings. The second kappa shape index (κ2) is 4.72. The molecule has 1 amide bonds. The van der Waals surface area contributed by atoms with Crippen molar-refractivity contribution in [2.75, 3.05) is 6.54 Å². The Morgan fingerprint density at radius 3 is 3.11 bits per heavy atom. The third-order valence-corrected chi connectivity index (χ3v) is 4.17. The number of rotatable bonds is 3. The molecular weight excluding hydrogens is 228 g/mol. The van der Waals surface area contributed by atoms with Gasteiger partial charge in [0.15, 0.2) is 0 Å². The molecule has 1 atom stereocenters. The van der Waals surface area contributed by atoms with Crippen LogP contribution in [0.5, 0.6) is 0 Å². The van der Waals surface area contributed by atoms with Gasteiger partial charge in [0, 0.05) is 24.0 Å². The predicted molar refractivity (Wildman–Crippen MR) is 68.0 cm³/mol. The molecule has 1 unspecified atom stereocenters. The maximum atomic E-state index is 11.9. The van der Waals surface area contributed by atoms with Crippen LogP contribution in [0.1, 0.15) is 32.1 Å². The highest BCUT2D eigenvalue weighted by Gasteiger charge is 2.41. The number of hydrogen-bond acceptors (Lipinski definition) is 3. The van der Waals surface area contributed by atoms with E-state index in [1.54, 1.807) is 10.9 Å². The first-order valence-corrected chi connectivity index (χ1v) is 6.78. The number of amides is 1. The van der Waals surface area contributed by atoms with E-state index >= 15 is 0 Å². The molecule has 3 rings (SSSR count). The van der Waals surface area contributed by atoms with E-state index in [0.717, 1.165) is 19.4 Å². The molecule has 2 fully saturated rings. The molecule has 18 heavy (non-hydrogen) atoms. The topological polar surface area (TPSA) is 59.0 Å². The Kier molecular flexibility index (Phi) is 3.07. The Bertz CT molecular complexity index is 411. The van der Waals surface area contributed by atoms with E-state index in [4.69, 9.17) is 0 Å². The van der Waals surface area contributed by atoms with Crippen molar-refractivity contribution in [2.45, 2.75) is 50.2 Å². The van der Waals surface area contributed by atoms with Gasteiger partial charge in [0.1, 0.15) is 6.54 Å². The van der Waals surface area contributed by atoms with Crippen LogP contribution in [0.25, 0.3) is 0 Å². The van der Waals surface area contributed by atoms with Gasteiger partial charge in [-0.25, -0.2) is 0 Å². The van der Waals surface area contributed by atoms with Crippen LogP contribution in [0.4, 0.5) is 0 Å². The minimum Gasteiger partial charge on any atom is -0.352 e. The van der Waals surface area contributed by atoms with Gasteiger partial charge < -0.3 is 10.6 Å². The van der Waals surface area contributed by atoms with Crippen LogP contribution >= 0.6 is 0 Å². The summed E-state index contributed by atoms with van der Waals surface area (Å²) in [5, 5.41) is 10.8.